The van der Waals surface area contributed by atoms with Crippen molar-refractivity contribution in [1.82, 2.24) is 15.0 Å². The SMILES string of the molecule is O=C(Cc1csc(-c2ccccn2)n1)Nc1ccc(S(=O)(=O)Nc2nccs2)cc1. The first-order valence-electron chi connectivity index (χ1n) is 8.68. The molecule has 0 aliphatic heterocycles. The molecule has 0 radical (unpaired) electrons. The van der Waals surface area contributed by atoms with E-state index in [1.54, 1.807) is 11.6 Å². The largest absolute Gasteiger partial charge is 0.326 e. The molecule has 4 aromatic rings. The monoisotopic (exact) mass is 457 g/mol. The Morgan fingerprint density at radius 3 is 2.53 bits per heavy atom. The van der Waals surface area contributed by atoms with Gasteiger partial charge in [0.2, 0.25) is 5.91 Å². The average Bonchev–Trinajstić information content (AvgIpc) is 3.41. The van der Waals surface area contributed by atoms with Crippen LogP contribution in [0.25, 0.3) is 10.7 Å². The molecule has 4 rings (SSSR count). The average molecular weight is 458 g/mol. The highest BCUT2D eigenvalue weighted by Crippen LogP contribution is 2.22. The van der Waals surface area contributed by atoms with Gasteiger partial charge in [-0.1, -0.05) is 6.07 Å². The Morgan fingerprint density at radius 1 is 1.00 bits per heavy atom. The van der Waals surface area contributed by atoms with E-state index in [0.717, 1.165) is 10.7 Å². The number of aromatic nitrogens is 3. The maximum Gasteiger partial charge on any atom is 0.263 e. The Labute approximate surface area is 180 Å². The van der Waals surface area contributed by atoms with Crippen LogP contribution in [0.3, 0.4) is 0 Å². The van der Waals surface area contributed by atoms with Crippen molar-refractivity contribution in [3.8, 4) is 10.7 Å². The standard InChI is InChI=1S/C19H15N5O3S3/c25-17(11-14-12-29-18(23-14)16-3-1-2-8-20-16)22-13-4-6-15(7-5-13)30(26,27)24-19-21-9-10-28-19/h1-10,12H,11H2,(H,21,24)(H,22,25). The van der Waals surface area contributed by atoms with Crippen molar-refractivity contribution in [1.29, 1.82) is 0 Å². The fraction of sp³-hybridized carbons (Fsp3) is 0.0526. The molecule has 2 N–H and O–H groups in total. The number of sulfonamides is 1. The number of rotatable bonds is 7. The number of amides is 1. The lowest BCUT2D eigenvalue weighted by atomic mass is 10.3. The highest BCUT2D eigenvalue weighted by Gasteiger charge is 2.16. The van der Waals surface area contributed by atoms with Crippen molar-refractivity contribution < 1.29 is 13.2 Å². The molecule has 0 fully saturated rings. The molecule has 0 unspecified atom stereocenters. The van der Waals surface area contributed by atoms with Crippen LogP contribution < -0.4 is 10.0 Å². The van der Waals surface area contributed by atoms with E-state index in [9.17, 15) is 13.2 Å². The van der Waals surface area contributed by atoms with E-state index in [0.29, 0.717) is 16.5 Å². The summed E-state index contributed by atoms with van der Waals surface area (Å²) in [6.45, 7) is 0. The number of nitrogens with one attached hydrogen (secondary N) is 2. The number of carbonyl (C=O) groups excluding carboxylic acids is 1. The minimum Gasteiger partial charge on any atom is -0.326 e. The summed E-state index contributed by atoms with van der Waals surface area (Å²) in [6.07, 6.45) is 3.32. The zero-order chi connectivity index (χ0) is 21.0. The Balaban J connectivity index is 1.38. The van der Waals surface area contributed by atoms with Crippen LogP contribution in [0.2, 0.25) is 0 Å². The number of hydrogen-bond acceptors (Lipinski definition) is 8. The van der Waals surface area contributed by atoms with Crippen LogP contribution in [0, 0.1) is 0 Å². The molecule has 0 aliphatic carbocycles. The minimum atomic E-state index is -3.73. The quantitative estimate of drug-likeness (QED) is 0.438. The van der Waals surface area contributed by atoms with Crippen molar-refractivity contribution in [3.63, 3.8) is 0 Å². The maximum absolute atomic E-state index is 12.3. The van der Waals surface area contributed by atoms with Gasteiger partial charge in [0.25, 0.3) is 10.0 Å². The van der Waals surface area contributed by atoms with Crippen molar-refractivity contribution in [2.75, 3.05) is 10.0 Å². The van der Waals surface area contributed by atoms with Crippen molar-refractivity contribution in [2.24, 2.45) is 0 Å². The second kappa shape index (κ2) is 8.69. The molecule has 0 saturated heterocycles. The molecular weight excluding hydrogens is 442 g/mol. The fourth-order valence-electron chi connectivity index (χ4n) is 2.53. The summed E-state index contributed by atoms with van der Waals surface area (Å²) in [7, 11) is -3.73. The minimum absolute atomic E-state index is 0.0789. The summed E-state index contributed by atoms with van der Waals surface area (Å²) in [4.78, 5) is 25.0. The van der Waals surface area contributed by atoms with E-state index >= 15 is 0 Å². The molecule has 1 aromatic carbocycles. The summed E-state index contributed by atoms with van der Waals surface area (Å²) < 4.78 is 27.1. The highest BCUT2D eigenvalue weighted by molar-refractivity contribution is 7.93. The molecular formula is C19H15N5O3S3. The Kier molecular flexibility index (Phi) is 5.84. The van der Waals surface area contributed by atoms with Gasteiger partial charge in [-0.3, -0.25) is 14.5 Å². The number of hydrogen-bond donors (Lipinski definition) is 2. The first-order chi connectivity index (χ1) is 14.5. The van der Waals surface area contributed by atoms with Gasteiger partial charge in [-0.05, 0) is 36.4 Å². The zero-order valence-corrected chi connectivity index (χ0v) is 17.8. The predicted octanol–water partition coefficient (Wildman–Crippen LogP) is 3.64. The molecule has 152 valence electrons. The van der Waals surface area contributed by atoms with Gasteiger partial charge in [0.15, 0.2) is 5.13 Å². The topological polar surface area (TPSA) is 114 Å². The summed E-state index contributed by atoms with van der Waals surface area (Å²) in [5.41, 5.74) is 1.90. The van der Waals surface area contributed by atoms with Crippen LogP contribution in [0.5, 0.6) is 0 Å². The third kappa shape index (κ3) is 4.87. The number of thiazole rings is 2. The van der Waals surface area contributed by atoms with Crippen LogP contribution in [0.4, 0.5) is 10.8 Å². The molecule has 11 heteroatoms. The van der Waals surface area contributed by atoms with E-state index in [1.165, 1.54) is 53.1 Å². The summed E-state index contributed by atoms with van der Waals surface area (Å²) in [5, 5.41) is 7.29. The van der Waals surface area contributed by atoms with Gasteiger partial charge in [-0.25, -0.2) is 18.4 Å². The first-order valence-corrected chi connectivity index (χ1v) is 11.9. The second-order valence-corrected chi connectivity index (χ2v) is 9.49. The highest BCUT2D eigenvalue weighted by atomic mass is 32.2. The van der Waals surface area contributed by atoms with E-state index < -0.39 is 10.0 Å². The fourth-order valence-corrected chi connectivity index (χ4v) is 5.11. The van der Waals surface area contributed by atoms with E-state index in [2.05, 4.69) is 25.0 Å². The Bertz CT molecular complexity index is 1240. The number of nitrogens with zero attached hydrogens (tertiary/aromatic N) is 3. The smallest absolute Gasteiger partial charge is 0.263 e. The second-order valence-electron chi connectivity index (χ2n) is 6.05. The summed E-state index contributed by atoms with van der Waals surface area (Å²) >= 11 is 2.62. The molecule has 0 atom stereocenters. The normalized spacial score (nSPS) is 11.2. The number of anilines is 2. The van der Waals surface area contributed by atoms with Gasteiger partial charge in [-0.15, -0.1) is 22.7 Å². The number of carbonyl (C=O) groups is 1. The molecule has 0 aliphatic rings. The van der Waals surface area contributed by atoms with Gasteiger partial charge >= 0.3 is 0 Å². The van der Waals surface area contributed by atoms with Crippen LogP contribution in [0.1, 0.15) is 5.69 Å². The molecule has 3 aromatic heterocycles. The van der Waals surface area contributed by atoms with E-state index in [-0.39, 0.29) is 17.2 Å². The van der Waals surface area contributed by atoms with Crippen LogP contribution in [0.15, 0.2) is 70.5 Å². The zero-order valence-electron chi connectivity index (χ0n) is 15.3. The lowest BCUT2D eigenvalue weighted by Gasteiger charge is -2.07. The molecule has 0 saturated carbocycles. The van der Waals surface area contributed by atoms with Crippen molar-refractivity contribution in [2.45, 2.75) is 11.3 Å². The number of benzene rings is 1. The van der Waals surface area contributed by atoms with Crippen molar-refractivity contribution >= 4 is 49.4 Å². The maximum atomic E-state index is 12.3. The van der Waals surface area contributed by atoms with Gasteiger partial charge < -0.3 is 5.32 Å². The Hall–Kier alpha value is -3.15. The van der Waals surface area contributed by atoms with Gasteiger partial charge in [0, 0.05) is 28.8 Å². The van der Waals surface area contributed by atoms with E-state index in [4.69, 9.17) is 0 Å². The van der Waals surface area contributed by atoms with Crippen LogP contribution in [-0.2, 0) is 21.2 Å². The summed E-state index contributed by atoms with van der Waals surface area (Å²) in [5.74, 6) is -0.246. The molecule has 0 spiro atoms. The van der Waals surface area contributed by atoms with E-state index in [1.807, 2.05) is 23.6 Å². The molecule has 30 heavy (non-hydrogen) atoms. The first kappa shape index (κ1) is 20.1. The lowest BCUT2D eigenvalue weighted by molar-refractivity contribution is -0.115. The summed E-state index contributed by atoms with van der Waals surface area (Å²) in [6, 6.07) is 11.5. The molecule has 8 nitrogen and oxygen atoms in total. The van der Waals surface area contributed by atoms with Crippen LogP contribution >= 0.6 is 22.7 Å². The van der Waals surface area contributed by atoms with Gasteiger partial charge in [0.05, 0.1) is 22.7 Å². The van der Waals surface area contributed by atoms with Gasteiger partial charge in [-0.2, -0.15) is 0 Å². The third-order valence-corrected chi connectivity index (χ3v) is 6.97. The predicted molar refractivity (Wildman–Crippen MR) is 117 cm³/mol. The third-order valence-electron chi connectivity index (χ3n) is 3.88. The van der Waals surface area contributed by atoms with Gasteiger partial charge in [0.1, 0.15) is 5.01 Å². The Morgan fingerprint density at radius 2 is 1.83 bits per heavy atom. The molecule has 0 bridgehead atoms. The molecule has 1 amide bonds. The van der Waals surface area contributed by atoms with Crippen molar-refractivity contribution in [3.05, 3.63) is 71.3 Å². The lowest BCUT2D eigenvalue weighted by Crippen LogP contribution is -2.15. The number of pyridine rings is 1. The van der Waals surface area contributed by atoms with Crippen LogP contribution in [-0.4, -0.2) is 29.3 Å². The molecule has 3 heterocycles.